The van der Waals surface area contributed by atoms with Crippen molar-refractivity contribution in [2.24, 2.45) is 0 Å². The van der Waals surface area contributed by atoms with Crippen molar-refractivity contribution >= 4 is 33.2 Å². The molecular formula is C14H11BrClF2N. The van der Waals surface area contributed by atoms with Gasteiger partial charge in [-0.3, -0.25) is 0 Å². The van der Waals surface area contributed by atoms with Crippen LogP contribution in [0.15, 0.2) is 34.8 Å². The predicted molar refractivity (Wildman–Crippen MR) is 77.6 cm³/mol. The van der Waals surface area contributed by atoms with Gasteiger partial charge in [0.2, 0.25) is 0 Å². The Labute approximate surface area is 123 Å². The van der Waals surface area contributed by atoms with Crippen LogP contribution in [-0.4, -0.2) is 0 Å². The molecule has 0 atom stereocenters. The largest absolute Gasteiger partial charge is 0.381 e. The van der Waals surface area contributed by atoms with E-state index in [4.69, 9.17) is 11.6 Å². The SMILES string of the molecule is Cc1cc(Br)c(F)cc1NCc1cc(Cl)ccc1F. The summed E-state index contributed by atoms with van der Waals surface area (Å²) < 4.78 is 27.4. The fourth-order valence-electron chi connectivity index (χ4n) is 1.71. The minimum Gasteiger partial charge on any atom is -0.381 e. The number of hydrogen-bond donors (Lipinski definition) is 1. The van der Waals surface area contributed by atoms with E-state index in [2.05, 4.69) is 21.2 Å². The first-order valence-corrected chi connectivity index (χ1v) is 6.78. The third-order valence-electron chi connectivity index (χ3n) is 2.74. The minimum absolute atomic E-state index is 0.244. The summed E-state index contributed by atoms with van der Waals surface area (Å²) in [7, 11) is 0. The van der Waals surface area contributed by atoms with Crippen molar-refractivity contribution in [1.29, 1.82) is 0 Å². The normalized spacial score (nSPS) is 10.6. The summed E-state index contributed by atoms with van der Waals surface area (Å²) in [6.07, 6.45) is 0. The maximum absolute atomic E-state index is 13.5. The van der Waals surface area contributed by atoms with Crippen LogP contribution in [-0.2, 0) is 6.54 Å². The Hall–Kier alpha value is -1.13. The zero-order chi connectivity index (χ0) is 14.0. The van der Waals surface area contributed by atoms with Crippen LogP contribution in [0.2, 0.25) is 5.02 Å². The Morgan fingerprint density at radius 1 is 1.16 bits per heavy atom. The molecule has 0 spiro atoms. The van der Waals surface area contributed by atoms with Gasteiger partial charge in [0.1, 0.15) is 11.6 Å². The molecule has 0 saturated heterocycles. The van der Waals surface area contributed by atoms with Gasteiger partial charge in [0, 0.05) is 22.8 Å². The molecule has 0 unspecified atom stereocenters. The van der Waals surface area contributed by atoms with Crippen LogP contribution in [0.5, 0.6) is 0 Å². The summed E-state index contributed by atoms with van der Waals surface area (Å²) in [6, 6.07) is 7.40. The van der Waals surface area contributed by atoms with Crippen LogP contribution < -0.4 is 5.32 Å². The molecular weight excluding hydrogens is 336 g/mol. The van der Waals surface area contributed by atoms with Crippen molar-refractivity contribution in [2.45, 2.75) is 13.5 Å². The fourth-order valence-corrected chi connectivity index (χ4v) is 2.36. The van der Waals surface area contributed by atoms with E-state index in [0.29, 0.717) is 20.7 Å². The Balaban J connectivity index is 2.19. The van der Waals surface area contributed by atoms with Crippen LogP contribution in [0.3, 0.4) is 0 Å². The Kier molecular flexibility index (Phi) is 4.42. The first-order chi connectivity index (χ1) is 8.97. The van der Waals surface area contributed by atoms with Crippen LogP contribution in [0.25, 0.3) is 0 Å². The van der Waals surface area contributed by atoms with E-state index >= 15 is 0 Å². The van der Waals surface area contributed by atoms with Crippen LogP contribution in [0.4, 0.5) is 14.5 Å². The third kappa shape index (κ3) is 3.45. The lowest BCUT2D eigenvalue weighted by Gasteiger charge is -2.11. The standard InChI is InChI=1S/C14H11BrClF2N/c1-8-4-11(15)13(18)6-14(8)19-7-9-5-10(16)2-3-12(9)17/h2-6,19H,7H2,1H3. The molecule has 0 bridgehead atoms. The molecule has 100 valence electrons. The molecule has 0 saturated carbocycles. The minimum atomic E-state index is -0.361. The molecule has 1 N–H and O–H groups in total. The van der Waals surface area contributed by atoms with Gasteiger partial charge in [0.15, 0.2) is 0 Å². The molecule has 2 aromatic rings. The highest BCUT2D eigenvalue weighted by Crippen LogP contribution is 2.25. The number of halogens is 4. The van der Waals surface area contributed by atoms with E-state index in [1.54, 1.807) is 12.1 Å². The Morgan fingerprint density at radius 2 is 1.89 bits per heavy atom. The predicted octanol–water partition coefficient (Wildman–Crippen LogP) is 5.30. The van der Waals surface area contributed by atoms with Crippen LogP contribution >= 0.6 is 27.5 Å². The number of aryl methyl sites for hydroxylation is 1. The van der Waals surface area contributed by atoms with E-state index in [9.17, 15) is 8.78 Å². The molecule has 0 fully saturated rings. The second-order valence-corrected chi connectivity index (χ2v) is 5.46. The molecule has 19 heavy (non-hydrogen) atoms. The highest BCUT2D eigenvalue weighted by molar-refractivity contribution is 9.10. The smallest absolute Gasteiger partial charge is 0.139 e. The first kappa shape index (κ1) is 14.3. The van der Waals surface area contributed by atoms with Crippen molar-refractivity contribution in [1.82, 2.24) is 0 Å². The van der Waals surface area contributed by atoms with Gasteiger partial charge in [0.25, 0.3) is 0 Å². The zero-order valence-corrected chi connectivity index (χ0v) is 12.4. The molecule has 0 aromatic heterocycles. The number of nitrogens with one attached hydrogen (secondary N) is 1. The monoisotopic (exact) mass is 345 g/mol. The quantitative estimate of drug-likeness (QED) is 0.795. The summed E-state index contributed by atoms with van der Waals surface area (Å²) in [5.41, 5.74) is 1.94. The van der Waals surface area contributed by atoms with Gasteiger partial charge < -0.3 is 5.32 Å². The number of rotatable bonds is 3. The molecule has 2 rings (SSSR count). The third-order valence-corrected chi connectivity index (χ3v) is 3.59. The number of benzene rings is 2. The van der Waals surface area contributed by atoms with E-state index in [-0.39, 0.29) is 18.2 Å². The topological polar surface area (TPSA) is 12.0 Å². The summed E-state index contributed by atoms with van der Waals surface area (Å²) in [5.74, 6) is -0.702. The van der Waals surface area contributed by atoms with E-state index in [0.717, 1.165) is 5.56 Å². The average Bonchev–Trinajstić information content (AvgIpc) is 2.36. The maximum atomic E-state index is 13.5. The zero-order valence-electron chi connectivity index (χ0n) is 10.1. The maximum Gasteiger partial charge on any atom is 0.139 e. The van der Waals surface area contributed by atoms with Gasteiger partial charge in [0.05, 0.1) is 4.47 Å². The average molecular weight is 347 g/mol. The molecule has 2 aromatic carbocycles. The first-order valence-electron chi connectivity index (χ1n) is 5.61. The lowest BCUT2D eigenvalue weighted by molar-refractivity contribution is 0.612. The van der Waals surface area contributed by atoms with Gasteiger partial charge >= 0.3 is 0 Å². The van der Waals surface area contributed by atoms with Crippen LogP contribution in [0.1, 0.15) is 11.1 Å². The molecule has 0 aliphatic heterocycles. The highest BCUT2D eigenvalue weighted by atomic mass is 79.9. The van der Waals surface area contributed by atoms with Gasteiger partial charge in [-0.05, 0) is 58.7 Å². The molecule has 5 heteroatoms. The van der Waals surface area contributed by atoms with E-state index in [1.807, 2.05) is 6.92 Å². The van der Waals surface area contributed by atoms with Crippen LogP contribution in [0, 0.1) is 18.6 Å². The van der Waals surface area contributed by atoms with Gasteiger partial charge in [-0.15, -0.1) is 0 Å². The molecule has 1 nitrogen and oxygen atoms in total. The summed E-state index contributed by atoms with van der Waals surface area (Å²) in [4.78, 5) is 0. The second-order valence-electron chi connectivity index (χ2n) is 4.17. The Morgan fingerprint density at radius 3 is 2.63 bits per heavy atom. The molecule has 0 heterocycles. The second kappa shape index (κ2) is 5.88. The highest BCUT2D eigenvalue weighted by Gasteiger charge is 2.07. The molecule has 0 aliphatic carbocycles. The lowest BCUT2D eigenvalue weighted by atomic mass is 10.1. The summed E-state index contributed by atoms with van der Waals surface area (Å²) in [6.45, 7) is 2.09. The van der Waals surface area contributed by atoms with E-state index < -0.39 is 0 Å². The van der Waals surface area contributed by atoms with Crippen molar-refractivity contribution < 1.29 is 8.78 Å². The summed E-state index contributed by atoms with van der Waals surface area (Å²) in [5, 5.41) is 3.48. The van der Waals surface area contributed by atoms with E-state index in [1.165, 1.54) is 18.2 Å². The van der Waals surface area contributed by atoms with Crippen molar-refractivity contribution in [3.05, 3.63) is 62.6 Å². The summed E-state index contributed by atoms with van der Waals surface area (Å²) >= 11 is 8.93. The fraction of sp³-hybridized carbons (Fsp3) is 0.143. The van der Waals surface area contributed by atoms with Gasteiger partial charge in [-0.25, -0.2) is 8.78 Å². The molecule has 0 amide bonds. The van der Waals surface area contributed by atoms with Crippen molar-refractivity contribution in [2.75, 3.05) is 5.32 Å². The lowest BCUT2D eigenvalue weighted by Crippen LogP contribution is -2.03. The number of anilines is 1. The Bertz CT molecular complexity index is 617. The molecule has 0 aliphatic rings. The van der Waals surface area contributed by atoms with Gasteiger partial charge in [-0.1, -0.05) is 11.6 Å². The molecule has 0 radical (unpaired) electrons. The van der Waals surface area contributed by atoms with Crippen molar-refractivity contribution in [3.8, 4) is 0 Å². The van der Waals surface area contributed by atoms with Gasteiger partial charge in [-0.2, -0.15) is 0 Å². The van der Waals surface area contributed by atoms with Crippen molar-refractivity contribution in [3.63, 3.8) is 0 Å². The number of hydrogen-bond acceptors (Lipinski definition) is 1.